The van der Waals surface area contributed by atoms with Crippen molar-refractivity contribution in [2.75, 3.05) is 25.1 Å². The number of thioether (sulfide) groups is 1. The lowest BCUT2D eigenvalue weighted by molar-refractivity contribution is -0.142. The summed E-state index contributed by atoms with van der Waals surface area (Å²) in [7, 11) is 0. The number of aliphatic carboxylic acids is 1. The van der Waals surface area contributed by atoms with Gasteiger partial charge in [-0.15, -0.1) is 0 Å². The highest BCUT2D eigenvalue weighted by atomic mass is 32.2. The van der Waals surface area contributed by atoms with E-state index in [-0.39, 0.29) is 12.5 Å². The number of hydrogen-bond acceptors (Lipinski definition) is 4. The molecule has 0 aliphatic carbocycles. The summed E-state index contributed by atoms with van der Waals surface area (Å²) in [6, 6.07) is 7.44. The Balaban J connectivity index is 1.86. The first-order valence-electron chi connectivity index (χ1n) is 7.40. The van der Waals surface area contributed by atoms with Crippen LogP contribution in [-0.2, 0) is 22.6 Å². The van der Waals surface area contributed by atoms with Gasteiger partial charge in [0.15, 0.2) is 0 Å². The first-order chi connectivity index (χ1) is 10.6. The molecule has 120 valence electrons. The minimum atomic E-state index is -0.966. The van der Waals surface area contributed by atoms with Crippen LogP contribution >= 0.6 is 11.8 Å². The summed E-state index contributed by atoms with van der Waals surface area (Å²) >= 11 is 1.58. The number of carbonyl (C=O) groups excluding carboxylic acids is 1. The second kappa shape index (κ2) is 8.19. The molecule has 1 aromatic rings. The number of fused-ring (bicyclic) bond motifs is 1. The predicted octanol–water partition coefficient (Wildman–Crippen LogP) is 1.37. The fraction of sp³-hybridized carbons (Fsp3) is 0.500. The number of benzene rings is 1. The third-order valence-corrected chi connectivity index (χ3v) is 4.46. The molecule has 0 fully saturated rings. The lowest BCUT2D eigenvalue weighted by Gasteiger charge is -2.28. The van der Waals surface area contributed by atoms with Gasteiger partial charge in [0.1, 0.15) is 6.04 Å². The molecule has 2 rings (SSSR count). The number of rotatable bonds is 7. The zero-order valence-corrected chi connectivity index (χ0v) is 13.6. The van der Waals surface area contributed by atoms with E-state index in [4.69, 9.17) is 5.11 Å². The minimum absolute atomic E-state index is 0.215. The Morgan fingerprint density at radius 1 is 1.36 bits per heavy atom. The van der Waals surface area contributed by atoms with Crippen LogP contribution in [0.1, 0.15) is 17.5 Å². The summed E-state index contributed by atoms with van der Waals surface area (Å²) in [6.07, 6.45) is 3.30. The molecule has 0 aromatic heterocycles. The standard InChI is InChI=1S/C16H22N2O3S/c1-22-9-7-14(16(20)21)17-15(19)11-18-8-6-12-4-2-3-5-13(12)10-18/h2-5,14H,6-11H2,1H3,(H,17,19)(H,20,21). The maximum absolute atomic E-state index is 12.1. The van der Waals surface area contributed by atoms with Crippen LogP contribution in [0.5, 0.6) is 0 Å². The van der Waals surface area contributed by atoms with Crippen LogP contribution in [0.3, 0.4) is 0 Å². The molecule has 1 atom stereocenters. The molecule has 0 bridgehead atoms. The van der Waals surface area contributed by atoms with Gasteiger partial charge in [0.05, 0.1) is 6.54 Å². The van der Waals surface area contributed by atoms with Crippen molar-refractivity contribution in [3.05, 3.63) is 35.4 Å². The summed E-state index contributed by atoms with van der Waals surface area (Å²) in [5.74, 6) is -0.465. The van der Waals surface area contributed by atoms with Crippen LogP contribution in [-0.4, -0.2) is 53.0 Å². The summed E-state index contributed by atoms with van der Waals surface area (Å²) < 4.78 is 0. The van der Waals surface area contributed by atoms with Crippen LogP contribution in [0.4, 0.5) is 0 Å². The van der Waals surface area contributed by atoms with Crippen molar-refractivity contribution >= 4 is 23.6 Å². The number of hydrogen-bond donors (Lipinski definition) is 2. The number of carboxylic acids is 1. The normalized spacial score (nSPS) is 15.9. The number of amides is 1. The van der Waals surface area contributed by atoms with E-state index >= 15 is 0 Å². The molecule has 1 unspecified atom stereocenters. The molecule has 6 heteroatoms. The van der Waals surface area contributed by atoms with Crippen LogP contribution in [0.25, 0.3) is 0 Å². The summed E-state index contributed by atoms with van der Waals surface area (Å²) in [5.41, 5.74) is 2.58. The van der Waals surface area contributed by atoms with Gasteiger partial charge in [0, 0.05) is 13.1 Å². The number of carboxylic acid groups (broad SMARTS) is 1. The third-order valence-electron chi connectivity index (χ3n) is 3.82. The van der Waals surface area contributed by atoms with E-state index in [1.807, 2.05) is 18.4 Å². The Labute approximate surface area is 135 Å². The van der Waals surface area contributed by atoms with E-state index in [0.29, 0.717) is 12.2 Å². The van der Waals surface area contributed by atoms with Gasteiger partial charge in [-0.1, -0.05) is 24.3 Å². The van der Waals surface area contributed by atoms with Gasteiger partial charge >= 0.3 is 5.97 Å². The molecular formula is C16H22N2O3S. The van der Waals surface area contributed by atoms with Gasteiger partial charge in [-0.2, -0.15) is 11.8 Å². The fourth-order valence-corrected chi connectivity index (χ4v) is 3.10. The quantitative estimate of drug-likeness (QED) is 0.793. The van der Waals surface area contributed by atoms with Crippen molar-refractivity contribution in [3.63, 3.8) is 0 Å². The minimum Gasteiger partial charge on any atom is -0.480 e. The second-order valence-corrected chi connectivity index (χ2v) is 6.45. The summed E-state index contributed by atoms with van der Waals surface area (Å²) in [6.45, 7) is 1.82. The Hall–Kier alpha value is -1.53. The zero-order valence-electron chi connectivity index (χ0n) is 12.7. The number of nitrogens with one attached hydrogen (secondary N) is 1. The van der Waals surface area contributed by atoms with Crippen LogP contribution in [0.15, 0.2) is 24.3 Å². The van der Waals surface area contributed by atoms with Gasteiger partial charge in [0.25, 0.3) is 0 Å². The first kappa shape index (κ1) is 16.8. The third kappa shape index (κ3) is 4.74. The van der Waals surface area contributed by atoms with E-state index < -0.39 is 12.0 Å². The van der Waals surface area contributed by atoms with Crippen molar-refractivity contribution < 1.29 is 14.7 Å². The van der Waals surface area contributed by atoms with Gasteiger partial charge in [-0.05, 0) is 36.0 Å². The van der Waals surface area contributed by atoms with E-state index in [2.05, 4.69) is 22.3 Å². The van der Waals surface area contributed by atoms with Crippen LogP contribution < -0.4 is 5.32 Å². The molecule has 1 aliphatic rings. The molecule has 0 radical (unpaired) electrons. The highest BCUT2D eigenvalue weighted by Crippen LogP contribution is 2.17. The average Bonchev–Trinajstić information content (AvgIpc) is 2.51. The van der Waals surface area contributed by atoms with E-state index in [1.54, 1.807) is 11.8 Å². The van der Waals surface area contributed by atoms with Crippen LogP contribution in [0.2, 0.25) is 0 Å². The molecule has 1 aromatic carbocycles. The predicted molar refractivity (Wildman–Crippen MR) is 88.0 cm³/mol. The monoisotopic (exact) mass is 322 g/mol. The fourth-order valence-electron chi connectivity index (χ4n) is 2.63. The smallest absolute Gasteiger partial charge is 0.326 e. The molecule has 0 saturated heterocycles. The molecule has 5 nitrogen and oxygen atoms in total. The maximum Gasteiger partial charge on any atom is 0.326 e. The van der Waals surface area contributed by atoms with E-state index in [0.717, 1.165) is 19.5 Å². The van der Waals surface area contributed by atoms with Crippen molar-refractivity contribution in [3.8, 4) is 0 Å². The second-order valence-electron chi connectivity index (χ2n) is 5.47. The summed E-state index contributed by atoms with van der Waals surface area (Å²) in [5, 5.41) is 11.8. The molecule has 1 amide bonds. The Morgan fingerprint density at radius 3 is 2.77 bits per heavy atom. The molecule has 1 aliphatic heterocycles. The molecule has 0 spiro atoms. The zero-order chi connectivity index (χ0) is 15.9. The van der Waals surface area contributed by atoms with Gasteiger partial charge < -0.3 is 10.4 Å². The van der Waals surface area contributed by atoms with E-state index in [9.17, 15) is 9.59 Å². The van der Waals surface area contributed by atoms with Gasteiger partial charge in [0.2, 0.25) is 5.91 Å². The average molecular weight is 322 g/mol. The molecule has 2 N–H and O–H groups in total. The topological polar surface area (TPSA) is 69.6 Å². The highest BCUT2D eigenvalue weighted by Gasteiger charge is 2.22. The van der Waals surface area contributed by atoms with Crippen molar-refractivity contribution in [1.29, 1.82) is 0 Å². The SMILES string of the molecule is CSCCC(NC(=O)CN1CCc2ccccc2C1)C(=O)O. The van der Waals surface area contributed by atoms with Crippen molar-refractivity contribution in [2.24, 2.45) is 0 Å². The Bertz CT molecular complexity index is 536. The number of carbonyl (C=O) groups is 2. The molecule has 22 heavy (non-hydrogen) atoms. The maximum atomic E-state index is 12.1. The lowest BCUT2D eigenvalue weighted by Crippen LogP contribution is -2.46. The Morgan fingerprint density at radius 2 is 2.09 bits per heavy atom. The van der Waals surface area contributed by atoms with Crippen molar-refractivity contribution in [1.82, 2.24) is 10.2 Å². The Kier molecular flexibility index (Phi) is 6.27. The van der Waals surface area contributed by atoms with Crippen molar-refractivity contribution in [2.45, 2.75) is 25.4 Å². The largest absolute Gasteiger partial charge is 0.480 e. The van der Waals surface area contributed by atoms with E-state index in [1.165, 1.54) is 11.1 Å². The molecule has 0 saturated carbocycles. The van der Waals surface area contributed by atoms with Crippen LogP contribution in [0, 0.1) is 0 Å². The number of nitrogens with zero attached hydrogens (tertiary/aromatic N) is 1. The highest BCUT2D eigenvalue weighted by molar-refractivity contribution is 7.98. The van der Waals surface area contributed by atoms with Gasteiger partial charge in [-0.3, -0.25) is 9.69 Å². The van der Waals surface area contributed by atoms with Gasteiger partial charge in [-0.25, -0.2) is 4.79 Å². The molecular weight excluding hydrogens is 300 g/mol. The molecule has 1 heterocycles. The lowest BCUT2D eigenvalue weighted by atomic mass is 10.00. The summed E-state index contributed by atoms with van der Waals surface area (Å²) in [4.78, 5) is 25.3. The first-order valence-corrected chi connectivity index (χ1v) is 8.79.